The van der Waals surface area contributed by atoms with Gasteiger partial charge in [-0.3, -0.25) is 4.90 Å². The Labute approximate surface area is 151 Å². The lowest BCUT2D eigenvalue weighted by Crippen LogP contribution is -2.32. The number of aromatic nitrogens is 3. The molecule has 0 bridgehead atoms. The molecule has 5 nitrogen and oxygen atoms in total. The zero-order chi connectivity index (χ0) is 17.5. The van der Waals surface area contributed by atoms with E-state index in [1.807, 2.05) is 16.8 Å². The normalized spacial score (nSPS) is 22.2. The molecule has 2 unspecified atom stereocenters. The first-order valence-electron chi connectivity index (χ1n) is 8.86. The molecule has 6 heteroatoms. The minimum atomic E-state index is -0.282. The van der Waals surface area contributed by atoms with E-state index in [9.17, 15) is 4.39 Å². The lowest BCUT2D eigenvalue weighted by atomic mass is 10.1. The molecule has 0 aliphatic carbocycles. The fourth-order valence-electron chi connectivity index (χ4n) is 3.96. The van der Waals surface area contributed by atoms with E-state index in [0.29, 0.717) is 17.9 Å². The van der Waals surface area contributed by atoms with Gasteiger partial charge in [0.05, 0.1) is 24.4 Å². The predicted octanol–water partition coefficient (Wildman–Crippen LogP) is 3.04. The van der Waals surface area contributed by atoms with E-state index >= 15 is 0 Å². The van der Waals surface area contributed by atoms with Crippen LogP contribution >= 0.6 is 0 Å². The van der Waals surface area contributed by atoms with Crippen molar-refractivity contribution < 1.29 is 9.13 Å². The van der Waals surface area contributed by atoms with E-state index in [0.717, 1.165) is 25.3 Å². The topological polar surface area (TPSA) is 43.2 Å². The standard InChI is InChI=1S/C20H19FN4O/c21-16-9-5-4-8-15(16)20-18-13-26-19-12-24(10-14-6-2-1-3-7-14)11-17(19)25(18)23-22-20/h1-9,17,19H,10-13H2. The van der Waals surface area contributed by atoms with Gasteiger partial charge in [0, 0.05) is 25.2 Å². The van der Waals surface area contributed by atoms with E-state index < -0.39 is 0 Å². The maximum Gasteiger partial charge on any atom is 0.132 e. The molecule has 0 N–H and O–H groups in total. The average Bonchev–Trinajstić information content (AvgIpc) is 3.26. The SMILES string of the molecule is Fc1ccccc1-c1nnn2c1COC1CN(Cc3ccccc3)CC12. The van der Waals surface area contributed by atoms with Gasteiger partial charge in [0.1, 0.15) is 11.5 Å². The van der Waals surface area contributed by atoms with Crippen molar-refractivity contribution >= 4 is 0 Å². The summed E-state index contributed by atoms with van der Waals surface area (Å²) in [6, 6.07) is 17.2. The van der Waals surface area contributed by atoms with Crippen LogP contribution in [0.15, 0.2) is 54.6 Å². The largest absolute Gasteiger partial charge is 0.368 e. The highest BCUT2D eigenvalue weighted by atomic mass is 19.1. The third kappa shape index (κ3) is 2.62. The lowest BCUT2D eigenvalue weighted by molar-refractivity contribution is -0.00494. The Morgan fingerprint density at radius 2 is 1.85 bits per heavy atom. The minimum Gasteiger partial charge on any atom is -0.368 e. The van der Waals surface area contributed by atoms with Gasteiger partial charge in [-0.15, -0.1) is 5.10 Å². The molecule has 3 heterocycles. The number of halogens is 1. The lowest BCUT2D eigenvalue weighted by Gasteiger charge is -2.26. The van der Waals surface area contributed by atoms with E-state index in [2.05, 4.69) is 39.5 Å². The Morgan fingerprint density at radius 3 is 2.69 bits per heavy atom. The number of benzene rings is 2. The van der Waals surface area contributed by atoms with E-state index in [-0.39, 0.29) is 18.0 Å². The highest BCUT2D eigenvalue weighted by molar-refractivity contribution is 5.62. The van der Waals surface area contributed by atoms with Crippen molar-refractivity contribution in [3.63, 3.8) is 0 Å². The fourth-order valence-corrected chi connectivity index (χ4v) is 3.96. The second-order valence-corrected chi connectivity index (χ2v) is 6.91. The second-order valence-electron chi connectivity index (χ2n) is 6.91. The second kappa shape index (κ2) is 6.30. The van der Waals surface area contributed by atoms with Gasteiger partial charge in [-0.1, -0.05) is 47.7 Å². The van der Waals surface area contributed by atoms with Crippen molar-refractivity contribution in [2.75, 3.05) is 13.1 Å². The number of rotatable bonds is 3. The molecular formula is C20H19FN4O. The molecule has 2 aliphatic rings. The van der Waals surface area contributed by atoms with Crippen molar-refractivity contribution in [3.8, 4) is 11.3 Å². The maximum absolute atomic E-state index is 14.2. The van der Waals surface area contributed by atoms with Crippen LogP contribution in [0.5, 0.6) is 0 Å². The van der Waals surface area contributed by atoms with Gasteiger partial charge >= 0.3 is 0 Å². The molecule has 1 saturated heterocycles. The molecule has 0 saturated carbocycles. The Hall–Kier alpha value is -2.57. The molecule has 0 radical (unpaired) electrons. The van der Waals surface area contributed by atoms with Crippen molar-refractivity contribution in [2.24, 2.45) is 0 Å². The van der Waals surface area contributed by atoms with Crippen LogP contribution in [0.3, 0.4) is 0 Å². The summed E-state index contributed by atoms with van der Waals surface area (Å²) in [4.78, 5) is 2.38. The van der Waals surface area contributed by atoms with Crippen molar-refractivity contribution in [1.29, 1.82) is 0 Å². The molecular weight excluding hydrogens is 331 g/mol. The first kappa shape index (κ1) is 15.7. The van der Waals surface area contributed by atoms with Crippen LogP contribution in [0, 0.1) is 5.82 Å². The van der Waals surface area contributed by atoms with Crippen LogP contribution in [0.1, 0.15) is 17.3 Å². The predicted molar refractivity (Wildman–Crippen MR) is 94.7 cm³/mol. The highest BCUT2D eigenvalue weighted by Crippen LogP contribution is 2.35. The molecule has 3 aromatic rings. The number of ether oxygens (including phenoxy) is 1. The third-order valence-corrected chi connectivity index (χ3v) is 5.23. The molecule has 0 spiro atoms. The summed E-state index contributed by atoms with van der Waals surface area (Å²) in [6.07, 6.45) is 0.0985. The van der Waals surface area contributed by atoms with Crippen LogP contribution in [-0.4, -0.2) is 39.1 Å². The fraction of sp³-hybridized carbons (Fsp3) is 0.300. The molecule has 2 aliphatic heterocycles. The summed E-state index contributed by atoms with van der Waals surface area (Å²) in [5.74, 6) is -0.282. The van der Waals surface area contributed by atoms with Crippen molar-refractivity contribution in [2.45, 2.75) is 25.3 Å². The molecule has 1 fully saturated rings. The summed E-state index contributed by atoms with van der Waals surface area (Å²) < 4.78 is 22.2. The van der Waals surface area contributed by atoms with Gasteiger partial charge in [0.25, 0.3) is 0 Å². The van der Waals surface area contributed by atoms with Gasteiger partial charge in [0.2, 0.25) is 0 Å². The Kier molecular flexibility index (Phi) is 3.80. The summed E-state index contributed by atoms with van der Waals surface area (Å²) in [6.45, 7) is 3.03. The molecule has 26 heavy (non-hydrogen) atoms. The van der Waals surface area contributed by atoms with Gasteiger partial charge < -0.3 is 4.74 Å². The van der Waals surface area contributed by atoms with Crippen LogP contribution in [0.25, 0.3) is 11.3 Å². The first-order valence-corrected chi connectivity index (χ1v) is 8.86. The maximum atomic E-state index is 14.2. The molecule has 2 atom stereocenters. The summed E-state index contributed by atoms with van der Waals surface area (Å²) >= 11 is 0. The van der Waals surface area contributed by atoms with Crippen molar-refractivity contribution in [3.05, 3.63) is 71.7 Å². The zero-order valence-electron chi connectivity index (χ0n) is 14.3. The minimum absolute atomic E-state index is 0.0985. The quantitative estimate of drug-likeness (QED) is 0.728. The molecule has 5 rings (SSSR count). The number of fused-ring (bicyclic) bond motifs is 3. The van der Waals surface area contributed by atoms with Crippen LogP contribution in [0.2, 0.25) is 0 Å². The van der Waals surface area contributed by atoms with E-state index in [1.165, 1.54) is 11.6 Å². The smallest absolute Gasteiger partial charge is 0.132 e. The Morgan fingerprint density at radius 1 is 1.04 bits per heavy atom. The van der Waals surface area contributed by atoms with Gasteiger partial charge in [-0.25, -0.2) is 9.07 Å². The molecule has 132 valence electrons. The summed E-state index contributed by atoms with van der Waals surface area (Å²) in [5, 5.41) is 8.62. The zero-order valence-corrected chi connectivity index (χ0v) is 14.3. The average molecular weight is 350 g/mol. The number of nitrogens with zero attached hydrogens (tertiary/aromatic N) is 4. The Balaban J connectivity index is 1.41. The summed E-state index contributed by atoms with van der Waals surface area (Å²) in [7, 11) is 0. The molecule has 0 amide bonds. The van der Waals surface area contributed by atoms with Gasteiger partial charge in [-0.2, -0.15) is 0 Å². The van der Waals surface area contributed by atoms with Crippen LogP contribution < -0.4 is 0 Å². The van der Waals surface area contributed by atoms with Crippen molar-refractivity contribution in [1.82, 2.24) is 19.9 Å². The first-order chi connectivity index (χ1) is 12.8. The third-order valence-electron chi connectivity index (χ3n) is 5.23. The molecule has 2 aromatic carbocycles. The van der Waals surface area contributed by atoms with Crippen LogP contribution in [0.4, 0.5) is 4.39 Å². The van der Waals surface area contributed by atoms with Gasteiger partial charge in [-0.05, 0) is 17.7 Å². The number of hydrogen-bond donors (Lipinski definition) is 0. The van der Waals surface area contributed by atoms with E-state index in [1.54, 1.807) is 12.1 Å². The monoisotopic (exact) mass is 350 g/mol. The number of likely N-dealkylation sites (tertiary alicyclic amines) is 1. The number of hydrogen-bond acceptors (Lipinski definition) is 4. The molecule has 1 aromatic heterocycles. The summed E-state index contributed by atoms with van der Waals surface area (Å²) in [5.41, 5.74) is 3.22. The van der Waals surface area contributed by atoms with Crippen LogP contribution in [-0.2, 0) is 17.9 Å². The highest BCUT2D eigenvalue weighted by Gasteiger charge is 2.40. The van der Waals surface area contributed by atoms with E-state index in [4.69, 9.17) is 4.74 Å². The Bertz CT molecular complexity index is 927. The van der Waals surface area contributed by atoms with Gasteiger partial charge in [0.15, 0.2) is 0 Å².